The molecule has 0 radical (unpaired) electrons. The summed E-state index contributed by atoms with van der Waals surface area (Å²) in [6, 6.07) is 11.8. The second-order valence-corrected chi connectivity index (χ2v) is 11.3. The second kappa shape index (κ2) is 8.81. The lowest BCUT2D eigenvalue weighted by Crippen LogP contribution is -2.13. The normalized spacial score (nSPS) is 12.4. The summed E-state index contributed by atoms with van der Waals surface area (Å²) in [6.07, 6.45) is -3.70. The number of anilines is 1. The molecule has 0 fully saturated rings. The number of alkyl halides is 3. The Morgan fingerprint density at radius 1 is 0.848 bits per heavy atom. The van der Waals surface area contributed by atoms with Crippen LogP contribution < -0.4 is 5.32 Å². The van der Waals surface area contributed by atoms with E-state index in [0.717, 1.165) is 42.7 Å². The summed E-state index contributed by atoms with van der Waals surface area (Å²) in [7, 11) is -7.75. The molecular formula is C21H15ClF3NO5S2. The molecule has 0 saturated carbocycles. The summed E-state index contributed by atoms with van der Waals surface area (Å²) in [5, 5.41) is 2.39. The van der Waals surface area contributed by atoms with Crippen molar-refractivity contribution in [2.75, 3.05) is 11.6 Å². The minimum Gasteiger partial charge on any atom is -0.322 e. The number of rotatable bonds is 5. The summed E-state index contributed by atoms with van der Waals surface area (Å²) in [5.74, 6) is -0.673. The molecule has 0 spiro atoms. The third-order valence-corrected chi connectivity index (χ3v) is 7.70. The van der Waals surface area contributed by atoms with Crippen molar-refractivity contribution < 1.29 is 34.8 Å². The van der Waals surface area contributed by atoms with Crippen LogP contribution in [0.3, 0.4) is 0 Å². The maximum absolute atomic E-state index is 12.9. The predicted octanol–water partition coefficient (Wildman–Crippen LogP) is 4.85. The molecule has 0 unspecified atom stereocenters. The van der Waals surface area contributed by atoms with E-state index in [9.17, 15) is 34.8 Å². The fourth-order valence-corrected chi connectivity index (χ4v) is 5.09. The summed E-state index contributed by atoms with van der Waals surface area (Å²) >= 11 is 6.01. The van der Waals surface area contributed by atoms with Crippen LogP contribution in [0.5, 0.6) is 0 Å². The minimum absolute atomic E-state index is 0.00951. The molecule has 1 N–H and O–H groups in total. The first-order valence-corrected chi connectivity index (χ1v) is 12.8. The van der Waals surface area contributed by atoms with Gasteiger partial charge in [0.25, 0.3) is 5.91 Å². The van der Waals surface area contributed by atoms with Crippen LogP contribution in [0.25, 0.3) is 0 Å². The average molecular weight is 518 g/mol. The molecule has 0 atom stereocenters. The molecule has 0 aliphatic rings. The summed E-state index contributed by atoms with van der Waals surface area (Å²) in [4.78, 5) is 11.6. The largest absolute Gasteiger partial charge is 0.416 e. The maximum Gasteiger partial charge on any atom is 0.416 e. The van der Waals surface area contributed by atoms with E-state index >= 15 is 0 Å². The van der Waals surface area contributed by atoms with E-state index in [4.69, 9.17) is 11.6 Å². The van der Waals surface area contributed by atoms with Crippen LogP contribution in [-0.4, -0.2) is 29.0 Å². The molecular weight excluding hydrogens is 503 g/mol. The van der Waals surface area contributed by atoms with E-state index in [1.807, 2.05) is 0 Å². The molecule has 3 aromatic rings. The summed E-state index contributed by atoms with van der Waals surface area (Å²) < 4.78 is 87.3. The predicted molar refractivity (Wildman–Crippen MR) is 116 cm³/mol. The smallest absolute Gasteiger partial charge is 0.322 e. The lowest BCUT2D eigenvalue weighted by molar-refractivity contribution is -0.137. The topological polar surface area (TPSA) is 97.4 Å². The van der Waals surface area contributed by atoms with Crippen LogP contribution in [0.1, 0.15) is 15.9 Å². The van der Waals surface area contributed by atoms with Gasteiger partial charge >= 0.3 is 6.18 Å². The Morgan fingerprint density at radius 3 is 2.00 bits per heavy atom. The number of benzene rings is 3. The lowest BCUT2D eigenvalue weighted by Gasteiger charge is -2.11. The molecule has 0 aromatic heterocycles. The lowest BCUT2D eigenvalue weighted by atomic mass is 10.2. The van der Waals surface area contributed by atoms with Gasteiger partial charge in [-0.1, -0.05) is 17.7 Å². The van der Waals surface area contributed by atoms with Gasteiger partial charge in [-0.05, 0) is 60.7 Å². The van der Waals surface area contributed by atoms with Gasteiger partial charge < -0.3 is 5.32 Å². The molecule has 1 amide bonds. The highest BCUT2D eigenvalue weighted by Gasteiger charge is 2.32. The minimum atomic E-state index is -4.69. The molecule has 0 bridgehead atoms. The highest BCUT2D eigenvalue weighted by Crippen LogP contribution is 2.32. The summed E-state index contributed by atoms with van der Waals surface area (Å²) in [5.41, 5.74) is -0.915. The van der Waals surface area contributed by atoms with Crippen molar-refractivity contribution in [1.82, 2.24) is 0 Å². The van der Waals surface area contributed by atoms with Gasteiger partial charge in [0.1, 0.15) is 0 Å². The molecule has 0 saturated heterocycles. The SMILES string of the molecule is CS(=O)(=O)c1ccc(C(=O)Nc2ccc(S(=O)(=O)c3cccc(C(F)(F)F)c3)cc2)c(Cl)c1. The molecule has 0 aliphatic carbocycles. The molecule has 12 heteroatoms. The van der Waals surface area contributed by atoms with Crippen molar-refractivity contribution in [1.29, 1.82) is 0 Å². The van der Waals surface area contributed by atoms with Crippen molar-refractivity contribution in [3.8, 4) is 0 Å². The van der Waals surface area contributed by atoms with E-state index in [1.54, 1.807) is 0 Å². The van der Waals surface area contributed by atoms with Gasteiger partial charge in [0, 0.05) is 11.9 Å². The zero-order valence-electron chi connectivity index (χ0n) is 16.7. The number of carbonyl (C=O) groups is 1. The van der Waals surface area contributed by atoms with Crippen LogP contribution >= 0.6 is 11.6 Å². The molecule has 0 heterocycles. The number of hydrogen-bond acceptors (Lipinski definition) is 5. The van der Waals surface area contributed by atoms with E-state index in [1.165, 1.54) is 24.3 Å². The number of amides is 1. The molecule has 174 valence electrons. The van der Waals surface area contributed by atoms with Gasteiger partial charge in [-0.2, -0.15) is 13.2 Å². The van der Waals surface area contributed by atoms with Gasteiger partial charge in [0.2, 0.25) is 9.84 Å². The zero-order valence-corrected chi connectivity index (χ0v) is 19.1. The Bertz CT molecular complexity index is 1440. The molecule has 0 aliphatic heterocycles. The Labute approximate surface area is 192 Å². The first-order valence-electron chi connectivity index (χ1n) is 9.03. The van der Waals surface area contributed by atoms with Crippen molar-refractivity contribution in [3.63, 3.8) is 0 Å². The molecule has 3 rings (SSSR count). The van der Waals surface area contributed by atoms with Crippen LogP contribution in [0.2, 0.25) is 5.02 Å². The first-order chi connectivity index (χ1) is 15.2. The standard InChI is InChI=1S/C21H15ClF3NO5S2/c1-32(28,29)16-9-10-18(19(22)12-16)20(27)26-14-5-7-15(8-6-14)33(30,31)17-4-2-3-13(11-17)21(23,24)25/h2-12H,1H3,(H,26,27). The van der Waals surface area contributed by atoms with Crippen LogP contribution in [0.4, 0.5) is 18.9 Å². The van der Waals surface area contributed by atoms with Gasteiger partial charge in [0.05, 0.1) is 30.8 Å². The van der Waals surface area contributed by atoms with Crippen molar-refractivity contribution in [2.24, 2.45) is 0 Å². The number of sulfone groups is 2. The van der Waals surface area contributed by atoms with Crippen LogP contribution in [0, 0.1) is 0 Å². The number of halogens is 4. The quantitative estimate of drug-likeness (QED) is 0.522. The third-order valence-electron chi connectivity index (χ3n) is 4.51. The van der Waals surface area contributed by atoms with Gasteiger partial charge in [-0.25, -0.2) is 16.8 Å². The Hall–Kier alpha value is -2.89. The number of hydrogen-bond donors (Lipinski definition) is 1. The highest BCUT2D eigenvalue weighted by atomic mass is 35.5. The monoisotopic (exact) mass is 517 g/mol. The van der Waals surface area contributed by atoms with Crippen molar-refractivity contribution in [3.05, 3.63) is 82.9 Å². The third kappa shape index (κ3) is 5.55. The van der Waals surface area contributed by atoms with E-state index in [0.29, 0.717) is 6.07 Å². The van der Waals surface area contributed by atoms with Gasteiger partial charge in [0.15, 0.2) is 9.84 Å². The highest BCUT2D eigenvalue weighted by molar-refractivity contribution is 7.91. The van der Waals surface area contributed by atoms with Crippen LogP contribution in [-0.2, 0) is 25.9 Å². The number of nitrogens with one attached hydrogen (secondary N) is 1. The average Bonchev–Trinajstić information content (AvgIpc) is 2.73. The number of carbonyl (C=O) groups excluding carboxylic acids is 1. The summed E-state index contributed by atoms with van der Waals surface area (Å²) in [6.45, 7) is 0. The second-order valence-electron chi connectivity index (χ2n) is 6.92. The van der Waals surface area contributed by atoms with Crippen LogP contribution in [0.15, 0.2) is 81.4 Å². The van der Waals surface area contributed by atoms with Crippen molar-refractivity contribution in [2.45, 2.75) is 20.9 Å². The Morgan fingerprint density at radius 2 is 1.45 bits per heavy atom. The van der Waals surface area contributed by atoms with E-state index in [2.05, 4.69) is 5.32 Å². The van der Waals surface area contributed by atoms with Gasteiger partial charge in [-0.3, -0.25) is 4.79 Å². The Kier molecular flexibility index (Phi) is 6.60. The van der Waals surface area contributed by atoms with Crippen molar-refractivity contribution >= 4 is 42.9 Å². The zero-order chi connectivity index (χ0) is 24.6. The van der Waals surface area contributed by atoms with Gasteiger partial charge in [-0.15, -0.1) is 0 Å². The maximum atomic E-state index is 12.9. The van der Waals surface area contributed by atoms with E-state index < -0.39 is 42.2 Å². The van der Waals surface area contributed by atoms with E-state index in [-0.39, 0.29) is 26.1 Å². The Balaban J connectivity index is 1.83. The fraction of sp³-hybridized carbons (Fsp3) is 0.0952. The first kappa shape index (κ1) is 24.7. The fourth-order valence-electron chi connectivity index (χ4n) is 2.80. The molecule has 3 aromatic carbocycles. The molecule has 6 nitrogen and oxygen atoms in total. The molecule has 33 heavy (non-hydrogen) atoms.